The molecular weight excluding hydrogens is 442 g/mol. The maximum Gasteiger partial charge on any atom is 0.262 e. The first kappa shape index (κ1) is 22.1. The summed E-state index contributed by atoms with van der Waals surface area (Å²) in [5.41, 5.74) is 6.13. The Bertz CT molecular complexity index is 1200. The van der Waals surface area contributed by atoms with E-state index in [9.17, 15) is 18.0 Å². The number of nitrogens with two attached hydrogens (primary N) is 1. The van der Waals surface area contributed by atoms with Crippen molar-refractivity contribution in [2.45, 2.75) is 4.90 Å². The van der Waals surface area contributed by atoms with Gasteiger partial charge in [-0.25, -0.2) is 8.42 Å². The average Bonchev–Trinajstić information content (AvgIpc) is 2.74. The molecule has 0 unspecified atom stereocenters. The molecule has 3 aromatic rings. The van der Waals surface area contributed by atoms with Crippen LogP contribution in [0.4, 0.5) is 11.4 Å². The number of carbonyl (C=O) groups is 2. The first-order valence-corrected chi connectivity index (χ1v) is 10.8. The van der Waals surface area contributed by atoms with Crippen molar-refractivity contribution >= 4 is 44.8 Å². The van der Waals surface area contributed by atoms with Crippen LogP contribution in [0.1, 0.15) is 10.4 Å². The third-order valence-electron chi connectivity index (χ3n) is 4.03. The van der Waals surface area contributed by atoms with E-state index in [0.717, 1.165) is 0 Å². The second-order valence-electron chi connectivity index (χ2n) is 6.37. The largest absolute Gasteiger partial charge is 0.484 e. The van der Waals surface area contributed by atoms with Gasteiger partial charge >= 0.3 is 0 Å². The van der Waals surface area contributed by atoms with Crippen molar-refractivity contribution in [3.63, 3.8) is 0 Å². The molecule has 0 aliphatic heterocycles. The standard InChI is InChI=1S/C21H18ClN3O5S/c22-15-6-8-16(9-7-15)25-31(28,29)19-3-1-2-17(12-19)24-20(26)13-30-18-10-4-14(5-11-18)21(23)27/h1-12,25H,13H2,(H2,23,27)(H,24,26). The molecule has 0 fully saturated rings. The summed E-state index contributed by atoms with van der Waals surface area (Å²) < 4.78 is 33.0. The maximum absolute atomic E-state index is 12.6. The smallest absolute Gasteiger partial charge is 0.262 e. The van der Waals surface area contributed by atoms with Crippen LogP contribution >= 0.6 is 11.6 Å². The molecule has 0 radical (unpaired) electrons. The molecule has 31 heavy (non-hydrogen) atoms. The van der Waals surface area contributed by atoms with Crippen LogP contribution in [0.5, 0.6) is 5.75 Å². The Morgan fingerprint density at radius 1 is 0.935 bits per heavy atom. The molecule has 0 bridgehead atoms. The van der Waals surface area contributed by atoms with Crippen molar-refractivity contribution in [1.82, 2.24) is 0 Å². The summed E-state index contributed by atoms with van der Waals surface area (Å²) in [6.45, 7) is -0.310. The normalized spacial score (nSPS) is 10.9. The van der Waals surface area contributed by atoms with E-state index in [1.165, 1.54) is 42.5 Å². The molecule has 0 saturated carbocycles. The van der Waals surface area contributed by atoms with E-state index in [0.29, 0.717) is 22.0 Å². The molecular formula is C21H18ClN3O5S. The quantitative estimate of drug-likeness (QED) is 0.476. The first-order chi connectivity index (χ1) is 14.7. The molecule has 8 nitrogen and oxygen atoms in total. The average molecular weight is 460 g/mol. The predicted molar refractivity (Wildman–Crippen MR) is 118 cm³/mol. The Kier molecular flexibility index (Phi) is 6.78. The third-order valence-corrected chi connectivity index (χ3v) is 5.66. The van der Waals surface area contributed by atoms with Crippen LogP contribution < -0.4 is 20.5 Å². The zero-order valence-corrected chi connectivity index (χ0v) is 17.6. The number of anilines is 2. The van der Waals surface area contributed by atoms with Gasteiger partial charge in [0.15, 0.2) is 6.61 Å². The zero-order chi connectivity index (χ0) is 22.4. The number of hydrogen-bond donors (Lipinski definition) is 3. The summed E-state index contributed by atoms with van der Waals surface area (Å²) in [6, 6.07) is 18.0. The Labute approximate surface area is 184 Å². The predicted octanol–water partition coefficient (Wildman–Crippen LogP) is 3.26. The topological polar surface area (TPSA) is 128 Å². The van der Waals surface area contributed by atoms with Gasteiger partial charge in [0.2, 0.25) is 5.91 Å². The van der Waals surface area contributed by atoms with E-state index in [-0.39, 0.29) is 17.2 Å². The molecule has 0 spiro atoms. The van der Waals surface area contributed by atoms with Gasteiger partial charge in [0, 0.05) is 22.0 Å². The number of hydrogen-bond acceptors (Lipinski definition) is 5. The highest BCUT2D eigenvalue weighted by Crippen LogP contribution is 2.21. The Hall–Kier alpha value is -3.56. The van der Waals surface area contributed by atoms with Gasteiger partial charge in [0.25, 0.3) is 15.9 Å². The molecule has 0 aliphatic carbocycles. The van der Waals surface area contributed by atoms with Crippen LogP contribution in [0.3, 0.4) is 0 Å². The second-order valence-corrected chi connectivity index (χ2v) is 8.48. The molecule has 3 rings (SSSR count). The molecule has 160 valence electrons. The van der Waals surface area contributed by atoms with Gasteiger partial charge in [0.1, 0.15) is 5.75 Å². The van der Waals surface area contributed by atoms with E-state index >= 15 is 0 Å². The Morgan fingerprint density at radius 2 is 1.61 bits per heavy atom. The van der Waals surface area contributed by atoms with Gasteiger partial charge in [-0.05, 0) is 66.7 Å². The lowest BCUT2D eigenvalue weighted by Gasteiger charge is -2.11. The van der Waals surface area contributed by atoms with Gasteiger partial charge in [-0.3, -0.25) is 14.3 Å². The highest BCUT2D eigenvalue weighted by molar-refractivity contribution is 7.92. The summed E-state index contributed by atoms with van der Waals surface area (Å²) in [5, 5.41) is 3.06. The van der Waals surface area contributed by atoms with Crippen molar-refractivity contribution < 1.29 is 22.7 Å². The lowest BCUT2D eigenvalue weighted by Crippen LogP contribution is -2.20. The highest BCUT2D eigenvalue weighted by atomic mass is 35.5. The summed E-state index contributed by atoms with van der Waals surface area (Å²) in [4.78, 5) is 23.2. The number of halogens is 1. The molecule has 4 N–H and O–H groups in total. The SMILES string of the molecule is NC(=O)c1ccc(OCC(=O)Nc2cccc(S(=O)(=O)Nc3ccc(Cl)cc3)c2)cc1. The van der Waals surface area contributed by atoms with Gasteiger partial charge in [-0.15, -0.1) is 0 Å². The van der Waals surface area contributed by atoms with Crippen molar-refractivity contribution in [3.8, 4) is 5.75 Å². The minimum atomic E-state index is -3.86. The number of ether oxygens (including phenoxy) is 1. The monoisotopic (exact) mass is 459 g/mol. The molecule has 10 heteroatoms. The first-order valence-electron chi connectivity index (χ1n) is 8.94. The molecule has 0 aliphatic rings. The lowest BCUT2D eigenvalue weighted by atomic mass is 10.2. The number of amides is 2. The molecule has 3 aromatic carbocycles. The number of sulfonamides is 1. The third kappa shape index (κ3) is 6.21. The zero-order valence-electron chi connectivity index (χ0n) is 16.0. The van der Waals surface area contributed by atoms with Crippen LogP contribution in [0.25, 0.3) is 0 Å². The van der Waals surface area contributed by atoms with Crippen molar-refractivity contribution in [2.24, 2.45) is 5.73 Å². The molecule has 2 amide bonds. The highest BCUT2D eigenvalue weighted by Gasteiger charge is 2.15. The summed E-state index contributed by atoms with van der Waals surface area (Å²) in [5.74, 6) is -0.674. The lowest BCUT2D eigenvalue weighted by molar-refractivity contribution is -0.118. The summed E-state index contributed by atoms with van der Waals surface area (Å²) in [6.07, 6.45) is 0. The van der Waals surface area contributed by atoms with Gasteiger partial charge in [-0.1, -0.05) is 17.7 Å². The fraction of sp³-hybridized carbons (Fsp3) is 0.0476. The van der Waals surface area contributed by atoms with Crippen molar-refractivity contribution in [1.29, 1.82) is 0 Å². The van der Waals surface area contributed by atoms with Crippen molar-refractivity contribution in [3.05, 3.63) is 83.4 Å². The van der Waals surface area contributed by atoms with Gasteiger partial charge < -0.3 is 15.8 Å². The van der Waals surface area contributed by atoms with Gasteiger partial charge in [0.05, 0.1) is 4.90 Å². The van der Waals surface area contributed by atoms with Crippen LogP contribution in [-0.4, -0.2) is 26.8 Å². The Morgan fingerprint density at radius 3 is 2.26 bits per heavy atom. The minimum absolute atomic E-state index is 0.0248. The Balaban J connectivity index is 1.62. The fourth-order valence-corrected chi connectivity index (χ4v) is 3.76. The van der Waals surface area contributed by atoms with E-state index in [2.05, 4.69) is 10.0 Å². The number of carbonyl (C=O) groups excluding carboxylic acids is 2. The van der Waals surface area contributed by atoms with Crippen molar-refractivity contribution in [2.75, 3.05) is 16.6 Å². The molecule has 0 aromatic heterocycles. The van der Waals surface area contributed by atoms with Gasteiger partial charge in [-0.2, -0.15) is 0 Å². The number of rotatable bonds is 8. The maximum atomic E-state index is 12.6. The van der Waals surface area contributed by atoms with Crippen LogP contribution in [0.2, 0.25) is 5.02 Å². The second kappa shape index (κ2) is 9.50. The molecule has 0 atom stereocenters. The van der Waals surface area contributed by atoms with E-state index < -0.39 is 21.8 Å². The fourth-order valence-electron chi connectivity index (χ4n) is 2.53. The molecule has 0 saturated heterocycles. The van der Waals surface area contributed by atoms with E-state index in [1.54, 1.807) is 30.3 Å². The van der Waals surface area contributed by atoms with Crippen LogP contribution in [-0.2, 0) is 14.8 Å². The minimum Gasteiger partial charge on any atom is -0.484 e. The summed E-state index contributed by atoms with van der Waals surface area (Å²) in [7, 11) is -3.86. The number of benzene rings is 3. The van der Waals surface area contributed by atoms with E-state index in [1.807, 2.05) is 0 Å². The van der Waals surface area contributed by atoms with Crippen LogP contribution in [0, 0.1) is 0 Å². The van der Waals surface area contributed by atoms with E-state index in [4.69, 9.17) is 22.1 Å². The van der Waals surface area contributed by atoms with Crippen LogP contribution in [0.15, 0.2) is 77.7 Å². The number of primary amides is 1. The molecule has 0 heterocycles. The summed E-state index contributed by atoms with van der Waals surface area (Å²) >= 11 is 5.81. The number of nitrogens with one attached hydrogen (secondary N) is 2.